The van der Waals surface area contributed by atoms with Crippen LogP contribution < -0.4 is 4.74 Å². The minimum absolute atomic E-state index is 0.105. The Hall–Kier alpha value is -3.12. The zero-order chi connectivity index (χ0) is 25.3. The van der Waals surface area contributed by atoms with Crippen molar-refractivity contribution < 1.29 is 28.9 Å². The smallest absolute Gasteiger partial charge is 0.316 e. The molecule has 0 spiro atoms. The number of esters is 1. The van der Waals surface area contributed by atoms with Crippen molar-refractivity contribution in [2.75, 3.05) is 0 Å². The van der Waals surface area contributed by atoms with Crippen LogP contribution in [0.3, 0.4) is 0 Å². The lowest BCUT2D eigenvalue weighted by molar-refractivity contribution is -0.149. The van der Waals surface area contributed by atoms with Crippen molar-refractivity contribution in [1.29, 1.82) is 0 Å². The SMILES string of the molecule is CC(C)(C)C(=O)OC1=C(O)C(=O)C2C3CCC(O3)C12.Cc1cc(C)cc(OCc2ccccc2)c1. The number of carbonyl (C=O) groups is 2. The maximum atomic E-state index is 12.0. The normalized spacial score (nSPS) is 24.7. The summed E-state index contributed by atoms with van der Waals surface area (Å²) in [5.41, 5.74) is 3.00. The lowest BCUT2D eigenvalue weighted by Crippen LogP contribution is -2.31. The minimum Gasteiger partial charge on any atom is -0.502 e. The molecule has 0 aromatic heterocycles. The van der Waals surface area contributed by atoms with E-state index in [-0.39, 0.29) is 41.3 Å². The number of hydrogen-bond donors (Lipinski definition) is 1. The third kappa shape index (κ3) is 5.43. The molecule has 4 unspecified atom stereocenters. The Morgan fingerprint density at radius 1 is 1.00 bits per heavy atom. The summed E-state index contributed by atoms with van der Waals surface area (Å²) < 4.78 is 16.8. The molecule has 2 aromatic rings. The zero-order valence-electron chi connectivity index (χ0n) is 21.0. The Labute approximate surface area is 206 Å². The number of allylic oxidation sites excluding steroid dienone is 1. The molecule has 2 saturated heterocycles. The number of fused-ring (bicyclic) bond motifs is 5. The van der Waals surface area contributed by atoms with Crippen molar-refractivity contribution >= 4 is 11.8 Å². The second-order valence-electron chi connectivity index (χ2n) is 10.7. The van der Waals surface area contributed by atoms with Crippen LogP contribution in [0.5, 0.6) is 5.75 Å². The Bertz CT molecular complexity index is 1110. The fourth-order valence-corrected chi connectivity index (χ4v) is 4.91. The van der Waals surface area contributed by atoms with Crippen molar-refractivity contribution in [3.8, 4) is 5.75 Å². The van der Waals surface area contributed by atoms with E-state index in [0.29, 0.717) is 6.61 Å². The van der Waals surface area contributed by atoms with Gasteiger partial charge in [0.1, 0.15) is 12.4 Å². The van der Waals surface area contributed by atoms with E-state index in [0.717, 1.165) is 18.6 Å². The van der Waals surface area contributed by atoms with Gasteiger partial charge < -0.3 is 19.3 Å². The van der Waals surface area contributed by atoms with E-state index in [1.807, 2.05) is 18.2 Å². The summed E-state index contributed by atoms with van der Waals surface area (Å²) in [4.78, 5) is 24.0. The van der Waals surface area contributed by atoms with Gasteiger partial charge >= 0.3 is 5.97 Å². The third-order valence-electron chi connectivity index (χ3n) is 6.60. The van der Waals surface area contributed by atoms with Gasteiger partial charge in [-0.05, 0) is 76.3 Å². The molecule has 2 aromatic carbocycles. The topological polar surface area (TPSA) is 82.1 Å². The highest BCUT2D eigenvalue weighted by Gasteiger charge is 2.60. The molecule has 3 aliphatic rings. The minimum atomic E-state index is -0.674. The van der Waals surface area contributed by atoms with Crippen molar-refractivity contribution in [3.05, 3.63) is 76.7 Å². The zero-order valence-corrected chi connectivity index (χ0v) is 21.0. The number of aliphatic hydroxyl groups excluding tert-OH is 1. The van der Waals surface area contributed by atoms with E-state index in [2.05, 4.69) is 44.2 Å². The summed E-state index contributed by atoms with van der Waals surface area (Å²) >= 11 is 0. The Kier molecular flexibility index (Phi) is 7.04. The second-order valence-corrected chi connectivity index (χ2v) is 10.7. The highest BCUT2D eigenvalue weighted by atomic mass is 16.6. The van der Waals surface area contributed by atoms with E-state index in [9.17, 15) is 14.7 Å². The number of ether oxygens (including phenoxy) is 3. The first-order valence-corrected chi connectivity index (χ1v) is 12.1. The molecule has 2 aliphatic heterocycles. The van der Waals surface area contributed by atoms with Crippen molar-refractivity contribution in [2.45, 2.75) is 66.3 Å². The molecule has 0 amide bonds. The predicted octanol–water partition coefficient (Wildman–Crippen LogP) is 5.60. The lowest BCUT2D eigenvalue weighted by Gasteiger charge is -2.23. The molecule has 6 nitrogen and oxygen atoms in total. The number of Topliss-reactive ketones (excluding diaryl/α,β-unsaturated/α-hetero) is 1. The van der Waals surface area contributed by atoms with Crippen LogP contribution in [-0.4, -0.2) is 29.1 Å². The van der Waals surface area contributed by atoms with Crippen LogP contribution in [0.25, 0.3) is 0 Å². The molecule has 4 atom stereocenters. The van der Waals surface area contributed by atoms with Crippen molar-refractivity contribution in [3.63, 3.8) is 0 Å². The van der Waals surface area contributed by atoms with Gasteiger partial charge in [-0.2, -0.15) is 0 Å². The number of aliphatic hydroxyl groups is 1. The molecular weight excluding hydrogens is 444 g/mol. The molecule has 5 rings (SSSR count). The molecule has 2 fully saturated rings. The average molecular weight is 479 g/mol. The Balaban J connectivity index is 0.000000168. The Morgan fingerprint density at radius 3 is 2.20 bits per heavy atom. The van der Waals surface area contributed by atoms with Crippen molar-refractivity contribution in [1.82, 2.24) is 0 Å². The number of aryl methyl sites for hydroxylation is 2. The van der Waals surface area contributed by atoms with Gasteiger partial charge in [-0.1, -0.05) is 36.4 Å². The van der Waals surface area contributed by atoms with Gasteiger partial charge in [0.25, 0.3) is 0 Å². The van der Waals surface area contributed by atoms with Crippen LogP contribution in [0.15, 0.2) is 60.0 Å². The number of ketones is 1. The fraction of sp³-hybridized carbons (Fsp3) is 0.448. The average Bonchev–Trinajstić information content (AvgIpc) is 3.48. The first-order valence-electron chi connectivity index (χ1n) is 12.1. The first-order chi connectivity index (χ1) is 16.5. The summed E-state index contributed by atoms with van der Waals surface area (Å²) in [6, 6.07) is 16.5. The molecule has 6 heteroatoms. The second kappa shape index (κ2) is 9.86. The van der Waals surface area contributed by atoms with Gasteiger partial charge in [-0.25, -0.2) is 0 Å². The van der Waals surface area contributed by atoms with E-state index in [1.54, 1.807) is 20.8 Å². The molecule has 0 radical (unpaired) electrons. The molecule has 35 heavy (non-hydrogen) atoms. The van der Waals surface area contributed by atoms with Crippen LogP contribution >= 0.6 is 0 Å². The molecule has 0 saturated carbocycles. The van der Waals surface area contributed by atoms with Crippen LogP contribution in [0.1, 0.15) is 50.3 Å². The summed E-state index contributed by atoms with van der Waals surface area (Å²) in [6.07, 6.45) is 1.45. The van der Waals surface area contributed by atoms with Gasteiger partial charge in [-0.3, -0.25) is 9.59 Å². The van der Waals surface area contributed by atoms with Crippen molar-refractivity contribution in [2.24, 2.45) is 17.3 Å². The number of benzene rings is 2. The monoisotopic (exact) mass is 478 g/mol. The van der Waals surface area contributed by atoms with E-state index >= 15 is 0 Å². The summed E-state index contributed by atoms with van der Waals surface area (Å²) in [6.45, 7) is 10.0. The molecule has 2 bridgehead atoms. The predicted molar refractivity (Wildman–Crippen MR) is 132 cm³/mol. The fourth-order valence-electron chi connectivity index (χ4n) is 4.91. The first kappa shape index (κ1) is 25.0. The standard InChI is InChI=1S/C15H16O.C14H18O5/c1-12-8-13(2)10-15(9-12)16-11-14-6-4-3-5-7-14;1-14(2,3)13(17)19-12-9-7-5-4-6(18-7)8(9)10(15)11(12)16/h3-10H,11H2,1-2H3;6-9,16H,4-5H2,1-3H3. The van der Waals surface area contributed by atoms with E-state index < -0.39 is 11.4 Å². The number of rotatable bonds is 4. The molecule has 186 valence electrons. The van der Waals surface area contributed by atoms with Gasteiger partial charge in [0.15, 0.2) is 11.5 Å². The maximum absolute atomic E-state index is 12.0. The maximum Gasteiger partial charge on any atom is 0.316 e. The molecule has 1 N–H and O–H groups in total. The molecule has 1 aliphatic carbocycles. The van der Waals surface area contributed by atoms with Gasteiger partial charge in [0, 0.05) is 0 Å². The van der Waals surface area contributed by atoms with Crippen LogP contribution in [0, 0.1) is 31.1 Å². The summed E-state index contributed by atoms with van der Waals surface area (Å²) in [5.74, 6) is -0.727. The van der Waals surface area contributed by atoms with Crippen LogP contribution in [0.4, 0.5) is 0 Å². The largest absolute Gasteiger partial charge is 0.502 e. The van der Waals surface area contributed by atoms with E-state index in [4.69, 9.17) is 14.2 Å². The molecular formula is C29H34O6. The van der Waals surface area contributed by atoms with Gasteiger partial charge in [0.05, 0.1) is 29.5 Å². The highest BCUT2D eigenvalue weighted by molar-refractivity contribution is 6.00. The van der Waals surface area contributed by atoms with Gasteiger partial charge in [0.2, 0.25) is 5.78 Å². The number of carbonyl (C=O) groups excluding carboxylic acids is 2. The Morgan fingerprint density at radius 2 is 1.60 bits per heavy atom. The van der Waals surface area contributed by atoms with Crippen LogP contribution in [-0.2, 0) is 25.7 Å². The summed E-state index contributed by atoms with van der Waals surface area (Å²) in [7, 11) is 0. The van der Waals surface area contributed by atoms with E-state index in [1.165, 1.54) is 16.7 Å². The number of hydrogen-bond acceptors (Lipinski definition) is 6. The van der Waals surface area contributed by atoms with Crippen LogP contribution in [0.2, 0.25) is 0 Å². The molecule has 2 heterocycles. The quantitative estimate of drug-likeness (QED) is 0.576. The summed E-state index contributed by atoms with van der Waals surface area (Å²) in [5, 5.41) is 9.94. The lowest BCUT2D eigenvalue weighted by atomic mass is 9.80. The third-order valence-corrected chi connectivity index (χ3v) is 6.60. The highest BCUT2D eigenvalue weighted by Crippen LogP contribution is 2.52. The van der Waals surface area contributed by atoms with Gasteiger partial charge in [-0.15, -0.1) is 0 Å².